The van der Waals surface area contributed by atoms with E-state index in [4.69, 9.17) is 16.7 Å². The molecule has 4 nitrogen and oxygen atoms in total. The Hall–Kier alpha value is -0.680. The Morgan fingerprint density at radius 3 is 3.07 bits per heavy atom. The molecule has 6 heteroatoms. The molecule has 14 heavy (non-hydrogen) atoms. The summed E-state index contributed by atoms with van der Waals surface area (Å²) in [4.78, 5) is 10.8. The van der Waals surface area contributed by atoms with E-state index in [9.17, 15) is 4.79 Å². The van der Waals surface area contributed by atoms with Gasteiger partial charge in [0.25, 0.3) is 0 Å². The summed E-state index contributed by atoms with van der Waals surface area (Å²) in [5, 5.41) is 12.5. The topological polar surface area (TPSA) is 63.3 Å². The second-order valence-electron chi connectivity index (χ2n) is 3.08. The number of carboxylic acids is 1. The molecule has 0 saturated carbocycles. The van der Waals surface area contributed by atoms with Gasteiger partial charge in [0, 0.05) is 17.2 Å². The molecule has 1 atom stereocenters. The highest BCUT2D eigenvalue weighted by Gasteiger charge is 2.29. The fraction of sp³-hybridized carbons (Fsp3) is 0.500. The molecule has 1 aromatic heterocycles. The molecular formula is C8H8ClNO3S. The van der Waals surface area contributed by atoms with E-state index in [-0.39, 0.29) is 16.8 Å². The summed E-state index contributed by atoms with van der Waals surface area (Å²) in [6, 6.07) is 0. The van der Waals surface area contributed by atoms with Crippen LogP contribution in [0.2, 0.25) is 5.15 Å². The summed E-state index contributed by atoms with van der Waals surface area (Å²) in [6.45, 7) is 0. The lowest BCUT2D eigenvalue weighted by Crippen LogP contribution is -2.04. The monoisotopic (exact) mass is 233 g/mol. The molecule has 76 valence electrons. The number of aromatic carboxylic acids is 1. The smallest absolute Gasteiger partial charge is 0.375 e. The van der Waals surface area contributed by atoms with E-state index in [0.29, 0.717) is 5.56 Å². The molecule has 1 aromatic rings. The van der Waals surface area contributed by atoms with Crippen LogP contribution in [0.4, 0.5) is 0 Å². The average Bonchev–Trinajstić information content (AvgIpc) is 2.71. The summed E-state index contributed by atoms with van der Waals surface area (Å²) in [5.74, 6) is 0.885. The van der Waals surface area contributed by atoms with Gasteiger partial charge in [-0.25, -0.2) is 4.79 Å². The lowest BCUT2D eigenvalue weighted by Gasteiger charge is -2.05. The van der Waals surface area contributed by atoms with Gasteiger partial charge in [-0.3, -0.25) is 0 Å². The molecule has 1 N–H and O–H groups in total. The standard InChI is InChI=1S/C8H8ClNO3S/c9-7-5(4-1-2-14-3-4)6(8(11)12)13-10-7/h4H,1-3H2,(H,11,12). The highest BCUT2D eigenvalue weighted by molar-refractivity contribution is 7.99. The van der Waals surface area contributed by atoms with Crippen molar-refractivity contribution < 1.29 is 14.4 Å². The van der Waals surface area contributed by atoms with Crippen LogP contribution in [0.25, 0.3) is 0 Å². The molecule has 2 heterocycles. The van der Waals surface area contributed by atoms with Crippen LogP contribution >= 0.6 is 23.4 Å². The molecule has 1 saturated heterocycles. The van der Waals surface area contributed by atoms with Crippen LogP contribution in [-0.2, 0) is 0 Å². The number of hydrogen-bond donors (Lipinski definition) is 1. The third-order valence-corrected chi connectivity index (χ3v) is 3.65. The fourth-order valence-corrected chi connectivity index (χ4v) is 3.06. The van der Waals surface area contributed by atoms with Crippen LogP contribution in [0.15, 0.2) is 4.52 Å². The summed E-state index contributed by atoms with van der Waals surface area (Å²) < 4.78 is 4.68. The second-order valence-corrected chi connectivity index (χ2v) is 4.59. The molecule has 2 rings (SSSR count). The van der Waals surface area contributed by atoms with E-state index < -0.39 is 5.97 Å². The molecule has 0 spiro atoms. The van der Waals surface area contributed by atoms with Gasteiger partial charge < -0.3 is 9.63 Å². The zero-order chi connectivity index (χ0) is 10.1. The minimum absolute atomic E-state index is 0.109. The van der Waals surface area contributed by atoms with E-state index >= 15 is 0 Å². The van der Waals surface area contributed by atoms with Gasteiger partial charge in [0.2, 0.25) is 5.76 Å². The predicted molar refractivity (Wildman–Crippen MR) is 53.2 cm³/mol. The quantitative estimate of drug-likeness (QED) is 0.849. The number of nitrogens with zero attached hydrogens (tertiary/aromatic N) is 1. The van der Waals surface area contributed by atoms with E-state index in [1.54, 1.807) is 11.8 Å². The van der Waals surface area contributed by atoms with Crippen molar-refractivity contribution in [2.75, 3.05) is 11.5 Å². The molecule has 0 aliphatic carbocycles. The Bertz CT molecular complexity index is 359. The van der Waals surface area contributed by atoms with Gasteiger partial charge in [0.1, 0.15) is 0 Å². The average molecular weight is 234 g/mol. The minimum atomic E-state index is -1.10. The SMILES string of the molecule is O=C(O)c1onc(Cl)c1C1CCSC1. The first kappa shape index (κ1) is 9.86. The van der Waals surface area contributed by atoms with Crippen molar-refractivity contribution in [3.05, 3.63) is 16.5 Å². The zero-order valence-corrected chi connectivity index (χ0v) is 8.77. The van der Waals surface area contributed by atoms with Crippen molar-refractivity contribution in [2.45, 2.75) is 12.3 Å². The third kappa shape index (κ3) is 1.62. The number of carboxylic acid groups (broad SMARTS) is 1. The van der Waals surface area contributed by atoms with E-state index in [1.165, 1.54) is 0 Å². The maximum absolute atomic E-state index is 10.8. The molecule has 0 radical (unpaired) electrons. The Balaban J connectivity index is 2.38. The summed E-state index contributed by atoms with van der Waals surface area (Å²) >= 11 is 7.58. The predicted octanol–water partition coefficient (Wildman–Crippen LogP) is 2.25. The van der Waals surface area contributed by atoms with Crippen molar-refractivity contribution in [1.82, 2.24) is 5.16 Å². The normalized spacial score (nSPS) is 21.4. The van der Waals surface area contributed by atoms with Gasteiger partial charge in [-0.2, -0.15) is 11.8 Å². The number of thioether (sulfide) groups is 1. The Morgan fingerprint density at radius 2 is 2.50 bits per heavy atom. The number of rotatable bonds is 2. The highest BCUT2D eigenvalue weighted by atomic mass is 35.5. The lowest BCUT2D eigenvalue weighted by atomic mass is 10.00. The van der Waals surface area contributed by atoms with Gasteiger partial charge in [0.05, 0.1) is 0 Å². The Labute approximate surface area is 89.6 Å². The second kappa shape index (κ2) is 3.82. The van der Waals surface area contributed by atoms with Gasteiger partial charge in [-0.15, -0.1) is 0 Å². The number of carbonyl (C=O) groups is 1. The Kier molecular flexibility index (Phi) is 2.69. The largest absolute Gasteiger partial charge is 0.475 e. The number of hydrogen-bond acceptors (Lipinski definition) is 4. The van der Waals surface area contributed by atoms with Crippen molar-refractivity contribution in [3.8, 4) is 0 Å². The van der Waals surface area contributed by atoms with Crippen molar-refractivity contribution in [2.24, 2.45) is 0 Å². The molecule has 1 aliphatic rings. The molecule has 0 aromatic carbocycles. The van der Waals surface area contributed by atoms with E-state index in [0.717, 1.165) is 17.9 Å². The van der Waals surface area contributed by atoms with Crippen molar-refractivity contribution in [1.29, 1.82) is 0 Å². The van der Waals surface area contributed by atoms with Crippen LogP contribution in [0.1, 0.15) is 28.5 Å². The molecule has 0 amide bonds. The minimum Gasteiger partial charge on any atom is -0.475 e. The molecule has 1 aliphatic heterocycles. The van der Waals surface area contributed by atoms with Gasteiger partial charge in [0.15, 0.2) is 5.15 Å². The molecule has 0 bridgehead atoms. The van der Waals surface area contributed by atoms with Crippen LogP contribution in [0.3, 0.4) is 0 Å². The first-order chi connectivity index (χ1) is 6.70. The van der Waals surface area contributed by atoms with Gasteiger partial charge in [-0.1, -0.05) is 16.8 Å². The summed E-state index contributed by atoms with van der Waals surface area (Å²) in [6.07, 6.45) is 0.936. The summed E-state index contributed by atoms with van der Waals surface area (Å²) in [7, 11) is 0. The maximum Gasteiger partial charge on any atom is 0.375 e. The fourth-order valence-electron chi connectivity index (χ4n) is 1.55. The van der Waals surface area contributed by atoms with Crippen LogP contribution in [0.5, 0.6) is 0 Å². The molecule has 1 unspecified atom stereocenters. The van der Waals surface area contributed by atoms with Gasteiger partial charge in [-0.05, 0) is 12.2 Å². The highest BCUT2D eigenvalue weighted by Crippen LogP contribution is 2.37. The van der Waals surface area contributed by atoms with Crippen LogP contribution < -0.4 is 0 Å². The molecule has 1 fully saturated rings. The number of halogens is 1. The summed E-state index contributed by atoms with van der Waals surface area (Å²) in [5.41, 5.74) is 0.559. The maximum atomic E-state index is 10.8. The lowest BCUT2D eigenvalue weighted by molar-refractivity contribution is 0.0650. The van der Waals surface area contributed by atoms with Gasteiger partial charge >= 0.3 is 5.97 Å². The van der Waals surface area contributed by atoms with E-state index in [2.05, 4.69) is 9.68 Å². The Morgan fingerprint density at radius 1 is 1.71 bits per heavy atom. The van der Waals surface area contributed by atoms with Crippen molar-refractivity contribution >= 4 is 29.3 Å². The zero-order valence-electron chi connectivity index (χ0n) is 7.20. The van der Waals surface area contributed by atoms with Crippen LogP contribution in [0, 0.1) is 0 Å². The van der Waals surface area contributed by atoms with Crippen molar-refractivity contribution in [3.63, 3.8) is 0 Å². The van der Waals surface area contributed by atoms with Crippen LogP contribution in [-0.4, -0.2) is 27.7 Å². The number of aromatic nitrogens is 1. The third-order valence-electron chi connectivity index (χ3n) is 2.22. The molecular weight excluding hydrogens is 226 g/mol. The first-order valence-corrected chi connectivity index (χ1v) is 5.69. The van der Waals surface area contributed by atoms with E-state index in [1.807, 2.05) is 0 Å². The first-order valence-electron chi connectivity index (χ1n) is 4.16.